The van der Waals surface area contributed by atoms with Crippen molar-refractivity contribution in [2.75, 3.05) is 0 Å². The standard InChI is InChI=1S/C11H14N4/c12-11(13)15-14-10-7-3-5-8-4-1-2-6-9(8)10/h1-2,4,6H,3,5,7H2,(H4,12,13,15). The maximum Gasteiger partial charge on any atom is 0.211 e. The first-order valence-corrected chi connectivity index (χ1v) is 5.01. The van der Waals surface area contributed by atoms with Crippen molar-refractivity contribution in [2.24, 2.45) is 21.7 Å². The van der Waals surface area contributed by atoms with Crippen LogP contribution in [0.4, 0.5) is 0 Å². The summed E-state index contributed by atoms with van der Waals surface area (Å²) in [4.78, 5) is 0. The van der Waals surface area contributed by atoms with Crippen LogP contribution in [0.1, 0.15) is 24.0 Å². The van der Waals surface area contributed by atoms with Crippen LogP contribution in [0.15, 0.2) is 34.5 Å². The van der Waals surface area contributed by atoms with Crippen molar-refractivity contribution in [3.63, 3.8) is 0 Å². The Balaban J connectivity index is 2.38. The molecule has 1 aromatic rings. The van der Waals surface area contributed by atoms with Crippen LogP contribution in [0.2, 0.25) is 0 Å². The van der Waals surface area contributed by atoms with Gasteiger partial charge >= 0.3 is 0 Å². The zero-order chi connectivity index (χ0) is 10.7. The van der Waals surface area contributed by atoms with E-state index in [4.69, 9.17) is 11.5 Å². The Bertz CT molecular complexity index is 416. The van der Waals surface area contributed by atoms with E-state index >= 15 is 0 Å². The molecule has 0 radical (unpaired) electrons. The Morgan fingerprint density at radius 3 is 2.73 bits per heavy atom. The molecule has 4 N–H and O–H groups in total. The minimum atomic E-state index is 0.00514. The predicted octanol–water partition coefficient (Wildman–Crippen LogP) is 1.00. The van der Waals surface area contributed by atoms with Gasteiger partial charge in [-0.2, -0.15) is 5.10 Å². The van der Waals surface area contributed by atoms with Gasteiger partial charge in [0.1, 0.15) is 0 Å². The van der Waals surface area contributed by atoms with Crippen molar-refractivity contribution >= 4 is 11.7 Å². The van der Waals surface area contributed by atoms with Gasteiger partial charge in [-0.1, -0.05) is 24.3 Å². The summed E-state index contributed by atoms with van der Waals surface area (Å²) in [6.45, 7) is 0. The molecular weight excluding hydrogens is 188 g/mol. The highest BCUT2D eigenvalue weighted by atomic mass is 15.3. The van der Waals surface area contributed by atoms with Crippen LogP contribution in [0.25, 0.3) is 0 Å². The SMILES string of the molecule is NC(N)=NN=C1CCCc2ccccc21. The van der Waals surface area contributed by atoms with E-state index in [1.165, 1.54) is 11.1 Å². The average Bonchev–Trinajstić information content (AvgIpc) is 2.26. The Labute approximate surface area is 88.7 Å². The summed E-state index contributed by atoms with van der Waals surface area (Å²) >= 11 is 0. The quantitative estimate of drug-likeness (QED) is 0.405. The molecule has 15 heavy (non-hydrogen) atoms. The molecule has 0 bridgehead atoms. The number of fused-ring (bicyclic) bond motifs is 1. The Morgan fingerprint density at radius 1 is 1.13 bits per heavy atom. The normalized spacial score (nSPS) is 17.2. The number of aryl methyl sites for hydroxylation is 1. The second-order valence-corrected chi connectivity index (χ2v) is 3.58. The Kier molecular flexibility index (Phi) is 2.67. The first-order chi connectivity index (χ1) is 7.27. The van der Waals surface area contributed by atoms with Gasteiger partial charge in [0.05, 0.1) is 5.71 Å². The summed E-state index contributed by atoms with van der Waals surface area (Å²) in [5.41, 5.74) is 14.0. The largest absolute Gasteiger partial charge is 0.369 e. The smallest absolute Gasteiger partial charge is 0.211 e. The van der Waals surface area contributed by atoms with Crippen LogP contribution >= 0.6 is 0 Å². The molecule has 0 saturated carbocycles. The first-order valence-electron chi connectivity index (χ1n) is 5.01. The molecule has 0 atom stereocenters. The maximum absolute atomic E-state index is 5.25. The zero-order valence-electron chi connectivity index (χ0n) is 8.48. The summed E-state index contributed by atoms with van der Waals surface area (Å²) in [5.74, 6) is 0.00514. The van der Waals surface area contributed by atoms with Crippen molar-refractivity contribution < 1.29 is 0 Å². The van der Waals surface area contributed by atoms with Crippen molar-refractivity contribution in [3.05, 3.63) is 35.4 Å². The van der Waals surface area contributed by atoms with E-state index in [2.05, 4.69) is 22.3 Å². The number of nitrogens with two attached hydrogens (primary N) is 2. The lowest BCUT2D eigenvalue weighted by molar-refractivity contribution is 0.834. The number of rotatable bonds is 1. The van der Waals surface area contributed by atoms with Gasteiger partial charge in [0, 0.05) is 5.56 Å². The van der Waals surface area contributed by atoms with Gasteiger partial charge in [-0.25, -0.2) is 0 Å². The van der Waals surface area contributed by atoms with Gasteiger partial charge in [-0.3, -0.25) is 0 Å². The van der Waals surface area contributed by atoms with Crippen LogP contribution < -0.4 is 11.5 Å². The van der Waals surface area contributed by atoms with Crippen molar-refractivity contribution in [1.82, 2.24) is 0 Å². The van der Waals surface area contributed by atoms with Gasteiger partial charge < -0.3 is 11.5 Å². The molecule has 0 spiro atoms. The van der Waals surface area contributed by atoms with Crippen molar-refractivity contribution in [1.29, 1.82) is 0 Å². The Hall–Kier alpha value is -1.84. The molecule has 0 fully saturated rings. The van der Waals surface area contributed by atoms with E-state index in [0.29, 0.717) is 0 Å². The molecule has 0 aromatic heterocycles. The average molecular weight is 202 g/mol. The molecule has 0 unspecified atom stereocenters. The summed E-state index contributed by atoms with van der Waals surface area (Å²) in [6, 6.07) is 8.24. The lowest BCUT2D eigenvalue weighted by Gasteiger charge is -2.16. The van der Waals surface area contributed by atoms with Crippen LogP contribution in [0.3, 0.4) is 0 Å². The highest BCUT2D eigenvalue weighted by Crippen LogP contribution is 2.21. The maximum atomic E-state index is 5.25. The zero-order valence-corrected chi connectivity index (χ0v) is 8.48. The molecule has 1 aromatic carbocycles. The molecule has 2 rings (SSSR count). The lowest BCUT2D eigenvalue weighted by atomic mass is 9.90. The molecular formula is C11H14N4. The van der Waals surface area contributed by atoms with Crippen LogP contribution in [-0.2, 0) is 6.42 Å². The summed E-state index contributed by atoms with van der Waals surface area (Å²) < 4.78 is 0. The van der Waals surface area contributed by atoms with E-state index in [-0.39, 0.29) is 5.96 Å². The molecule has 0 amide bonds. The van der Waals surface area contributed by atoms with Gasteiger partial charge in [-0.15, -0.1) is 5.10 Å². The topological polar surface area (TPSA) is 76.8 Å². The first kappa shape index (κ1) is 9.71. The highest BCUT2D eigenvalue weighted by Gasteiger charge is 2.14. The number of guanidine groups is 1. The fraction of sp³-hybridized carbons (Fsp3) is 0.273. The third-order valence-electron chi connectivity index (χ3n) is 2.47. The number of nitrogens with zero attached hydrogens (tertiary/aromatic N) is 2. The summed E-state index contributed by atoms with van der Waals surface area (Å²) in [7, 11) is 0. The predicted molar refractivity (Wildman–Crippen MR) is 61.7 cm³/mol. The van der Waals surface area contributed by atoms with Crippen molar-refractivity contribution in [2.45, 2.75) is 19.3 Å². The summed E-state index contributed by atoms with van der Waals surface area (Å²) in [6.07, 6.45) is 3.15. The third kappa shape index (κ3) is 2.15. The summed E-state index contributed by atoms with van der Waals surface area (Å²) in [5, 5.41) is 7.79. The second kappa shape index (κ2) is 4.13. The molecule has 4 heteroatoms. The van der Waals surface area contributed by atoms with E-state index in [1.807, 2.05) is 12.1 Å². The number of hydrogen-bond acceptors (Lipinski definition) is 2. The fourth-order valence-electron chi connectivity index (χ4n) is 1.82. The van der Waals surface area contributed by atoms with Gasteiger partial charge in [0.2, 0.25) is 5.96 Å². The Morgan fingerprint density at radius 2 is 1.93 bits per heavy atom. The van der Waals surface area contributed by atoms with Gasteiger partial charge in [0.15, 0.2) is 0 Å². The van der Waals surface area contributed by atoms with Gasteiger partial charge in [0.25, 0.3) is 0 Å². The number of benzene rings is 1. The number of hydrogen-bond donors (Lipinski definition) is 2. The van der Waals surface area contributed by atoms with Crippen LogP contribution in [0.5, 0.6) is 0 Å². The second-order valence-electron chi connectivity index (χ2n) is 3.58. The molecule has 1 aliphatic rings. The van der Waals surface area contributed by atoms with Gasteiger partial charge in [-0.05, 0) is 24.8 Å². The molecule has 4 nitrogen and oxygen atoms in total. The minimum Gasteiger partial charge on any atom is -0.369 e. The van der Waals surface area contributed by atoms with E-state index in [9.17, 15) is 0 Å². The van der Waals surface area contributed by atoms with E-state index < -0.39 is 0 Å². The molecule has 0 aliphatic heterocycles. The fourth-order valence-corrected chi connectivity index (χ4v) is 1.82. The third-order valence-corrected chi connectivity index (χ3v) is 2.47. The molecule has 0 heterocycles. The van der Waals surface area contributed by atoms with E-state index in [0.717, 1.165) is 25.0 Å². The molecule has 0 saturated heterocycles. The minimum absolute atomic E-state index is 0.00514. The molecule has 1 aliphatic carbocycles. The molecule has 78 valence electrons. The van der Waals surface area contributed by atoms with Crippen LogP contribution in [0, 0.1) is 0 Å². The monoisotopic (exact) mass is 202 g/mol. The van der Waals surface area contributed by atoms with Crippen molar-refractivity contribution in [3.8, 4) is 0 Å². The van der Waals surface area contributed by atoms with Crippen LogP contribution in [-0.4, -0.2) is 11.7 Å². The van der Waals surface area contributed by atoms with E-state index in [1.54, 1.807) is 0 Å². The highest BCUT2D eigenvalue weighted by molar-refractivity contribution is 6.02. The lowest BCUT2D eigenvalue weighted by Crippen LogP contribution is -2.22.